The fourth-order valence-electron chi connectivity index (χ4n) is 3.10. The number of carbonyl (C=O) groups is 1. The van der Waals surface area contributed by atoms with Gasteiger partial charge in [0.25, 0.3) is 0 Å². The van der Waals surface area contributed by atoms with Crippen molar-refractivity contribution in [2.45, 2.75) is 38.5 Å². The van der Waals surface area contributed by atoms with Crippen LogP contribution in [0.25, 0.3) is 0 Å². The van der Waals surface area contributed by atoms with Crippen LogP contribution in [0.15, 0.2) is 30.3 Å². The molecule has 1 aliphatic rings. The molecule has 1 aromatic rings. The third-order valence-electron chi connectivity index (χ3n) is 4.71. The molecule has 1 aromatic carbocycles. The maximum atomic E-state index is 11.4. The van der Waals surface area contributed by atoms with Crippen LogP contribution in [0.1, 0.15) is 44.1 Å². The highest BCUT2D eigenvalue weighted by Crippen LogP contribution is 2.23. The zero-order valence-corrected chi connectivity index (χ0v) is 13.3. The molecule has 1 atom stereocenters. The summed E-state index contributed by atoms with van der Waals surface area (Å²) in [6.45, 7) is 5.77. The van der Waals surface area contributed by atoms with E-state index in [4.69, 9.17) is 0 Å². The molecule has 2 rings (SSSR count). The van der Waals surface area contributed by atoms with Gasteiger partial charge in [-0.2, -0.15) is 0 Å². The Morgan fingerprint density at radius 3 is 2.57 bits per heavy atom. The maximum absolute atomic E-state index is 11.4. The van der Waals surface area contributed by atoms with E-state index in [1.807, 2.05) is 0 Å². The van der Waals surface area contributed by atoms with Crippen LogP contribution in [0.2, 0.25) is 0 Å². The fraction of sp³-hybridized carbons (Fsp3) is 0.611. The summed E-state index contributed by atoms with van der Waals surface area (Å²) < 4.78 is 0. The van der Waals surface area contributed by atoms with E-state index in [0.29, 0.717) is 18.3 Å². The summed E-state index contributed by atoms with van der Waals surface area (Å²) in [5, 5.41) is 2.73. The lowest BCUT2D eigenvalue weighted by Crippen LogP contribution is -2.36. The average Bonchev–Trinajstić information content (AvgIpc) is 2.54. The van der Waals surface area contributed by atoms with E-state index in [0.717, 1.165) is 25.9 Å². The first-order valence-electron chi connectivity index (χ1n) is 8.17. The minimum Gasteiger partial charge on any atom is -0.359 e. The van der Waals surface area contributed by atoms with Crippen LogP contribution in [0.4, 0.5) is 0 Å². The van der Waals surface area contributed by atoms with Gasteiger partial charge in [-0.1, -0.05) is 37.3 Å². The van der Waals surface area contributed by atoms with Gasteiger partial charge in [0.15, 0.2) is 0 Å². The molecule has 0 radical (unpaired) electrons. The standard InChI is InChI=1S/C18H28N2O/c1-15(17-6-4-3-5-7-17)8-11-20-12-9-16(10-13-20)14-18(21)19-2/h3-7,15-16H,8-14H2,1-2H3,(H,19,21)/t15-/m1/s1. The van der Waals surface area contributed by atoms with E-state index in [2.05, 4.69) is 47.5 Å². The Kier molecular flexibility index (Phi) is 6.24. The molecule has 1 heterocycles. The predicted molar refractivity (Wildman–Crippen MR) is 87.3 cm³/mol. The Hall–Kier alpha value is -1.35. The second kappa shape index (κ2) is 8.18. The summed E-state index contributed by atoms with van der Waals surface area (Å²) in [4.78, 5) is 14.0. The summed E-state index contributed by atoms with van der Waals surface area (Å²) >= 11 is 0. The Bertz CT molecular complexity index is 424. The van der Waals surface area contributed by atoms with Crippen LogP contribution in [0.5, 0.6) is 0 Å². The van der Waals surface area contributed by atoms with Gasteiger partial charge in [0.2, 0.25) is 5.91 Å². The van der Waals surface area contributed by atoms with Gasteiger partial charge < -0.3 is 10.2 Å². The average molecular weight is 288 g/mol. The minimum absolute atomic E-state index is 0.186. The van der Waals surface area contributed by atoms with Gasteiger partial charge in [-0.3, -0.25) is 4.79 Å². The van der Waals surface area contributed by atoms with Crippen molar-refractivity contribution < 1.29 is 4.79 Å². The molecular weight excluding hydrogens is 260 g/mol. The number of benzene rings is 1. The second-order valence-electron chi connectivity index (χ2n) is 6.26. The summed E-state index contributed by atoms with van der Waals surface area (Å²) in [6, 6.07) is 10.8. The number of nitrogens with zero attached hydrogens (tertiary/aromatic N) is 1. The van der Waals surface area contributed by atoms with Crippen molar-refractivity contribution in [1.82, 2.24) is 10.2 Å². The lowest BCUT2D eigenvalue weighted by Gasteiger charge is -2.32. The SMILES string of the molecule is CNC(=O)CC1CCN(CC[C@@H](C)c2ccccc2)CC1. The molecule has 3 heteroatoms. The molecule has 1 aliphatic heterocycles. The largest absolute Gasteiger partial charge is 0.359 e. The number of carbonyl (C=O) groups excluding carboxylic acids is 1. The summed E-state index contributed by atoms with van der Waals surface area (Å²) in [6.07, 6.45) is 4.23. The van der Waals surface area contributed by atoms with Gasteiger partial charge in [-0.15, -0.1) is 0 Å². The number of hydrogen-bond donors (Lipinski definition) is 1. The Balaban J connectivity index is 1.68. The zero-order chi connectivity index (χ0) is 15.1. The molecular formula is C18H28N2O. The van der Waals surface area contributed by atoms with Crippen molar-refractivity contribution in [1.29, 1.82) is 0 Å². The van der Waals surface area contributed by atoms with Gasteiger partial charge in [0.05, 0.1) is 0 Å². The molecule has 0 bridgehead atoms. The smallest absolute Gasteiger partial charge is 0.220 e. The number of hydrogen-bond acceptors (Lipinski definition) is 2. The van der Waals surface area contributed by atoms with Crippen LogP contribution < -0.4 is 5.32 Å². The van der Waals surface area contributed by atoms with Crippen LogP contribution in [-0.2, 0) is 4.79 Å². The molecule has 116 valence electrons. The van der Waals surface area contributed by atoms with Crippen LogP contribution in [0, 0.1) is 5.92 Å². The van der Waals surface area contributed by atoms with Crippen molar-refractivity contribution in [3.05, 3.63) is 35.9 Å². The van der Waals surface area contributed by atoms with Crippen molar-refractivity contribution >= 4 is 5.91 Å². The van der Waals surface area contributed by atoms with E-state index in [1.165, 1.54) is 18.5 Å². The summed E-state index contributed by atoms with van der Waals surface area (Å²) in [7, 11) is 1.72. The van der Waals surface area contributed by atoms with Gasteiger partial charge in [-0.25, -0.2) is 0 Å². The number of nitrogens with one attached hydrogen (secondary N) is 1. The predicted octanol–water partition coefficient (Wildman–Crippen LogP) is 3.03. The second-order valence-corrected chi connectivity index (χ2v) is 6.26. The molecule has 0 aliphatic carbocycles. The third kappa shape index (κ3) is 5.16. The molecule has 0 unspecified atom stereocenters. The Labute approximate surface area is 128 Å². The fourth-order valence-corrected chi connectivity index (χ4v) is 3.10. The van der Waals surface area contributed by atoms with E-state index < -0.39 is 0 Å². The van der Waals surface area contributed by atoms with E-state index in [1.54, 1.807) is 7.05 Å². The van der Waals surface area contributed by atoms with Gasteiger partial charge >= 0.3 is 0 Å². The minimum atomic E-state index is 0.186. The van der Waals surface area contributed by atoms with E-state index >= 15 is 0 Å². The van der Waals surface area contributed by atoms with Crippen molar-refractivity contribution in [3.8, 4) is 0 Å². The number of amides is 1. The van der Waals surface area contributed by atoms with Crippen molar-refractivity contribution in [3.63, 3.8) is 0 Å². The molecule has 3 nitrogen and oxygen atoms in total. The lowest BCUT2D eigenvalue weighted by atomic mass is 9.92. The zero-order valence-electron chi connectivity index (χ0n) is 13.3. The van der Waals surface area contributed by atoms with Gasteiger partial charge in [-0.05, 0) is 56.3 Å². The summed E-state index contributed by atoms with van der Waals surface area (Å²) in [5.74, 6) is 1.38. The molecule has 1 saturated heterocycles. The number of piperidine rings is 1. The highest BCUT2D eigenvalue weighted by atomic mass is 16.1. The lowest BCUT2D eigenvalue weighted by molar-refractivity contribution is -0.121. The van der Waals surface area contributed by atoms with E-state index in [-0.39, 0.29) is 5.91 Å². The summed E-state index contributed by atoms with van der Waals surface area (Å²) in [5.41, 5.74) is 1.44. The number of likely N-dealkylation sites (tertiary alicyclic amines) is 1. The first-order valence-corrected chi connectivity index (χ1v) is 8.17. The van der Waals surface area contributed by atoms with Crippen LogP contribution in [-0.4, -0.2) is 37.5 Å². The molecule has 1 N–H and O–H groups in total. The Morgan fingerprint density at radius 2 is 1.95 bits per heavy atom. The molecule has 0 spiro atoms. The molecule has 0 saturated carbocycles. The maximum Gasteiger partial charge on any atom is 0.220 e. The highest BCUT2D eigenvalue weighted by molar-refractivity contribution is 5.75. The monoisotopic (exact) mass is 288 g/mol. The van der Waals surface area contributed by atoms with Gasteiger partial charge in [0, 0.05) is 13.5 Å². The van der Waals surface area contributed by atoms with Crippen LogP contribution in [0.3, 0.4) is 0 Å². The molecule has 1 fully saturated rings. The quantitative estimate of drug-likeness (QED) is 0.872. The topological polar surface area (TPSA) is 32.3 Å². The molecule has 21 heavy (non-hydrogen) atoms. The molecule has 1 amide bonds. The first kappa shape index (κ1) is 16.0. The Morgan fingerprint density at radius 1 is 1.29 bits per heavy atom. The van der Waals surface area contributed by atoms with Gasteiger partial charge in [0.1, 0.15) is 0 Å². The number of rotatable bonds is 6. The molecule has 0 aromatic heterocycles. The first-order chi connectivity index (χ1) is 10.2. The van der Waals surface area contributed by atoms with Crippen molar-refractivity contribution in [2.75, 3.05) is 26.7 Å². The normalized spacial score (nSPS) is 18.4. The third-order valence-corrected chi connectivity index (χ3v) is 4.71. The van der Waals surface area contributed by atoms with E-state index in [9.17, 15) is 4.79 Å². The van der Waals surface area contributed by atoms with Crippen molar-refractivity contribution in [2.24, 2.45) is 5.92 Å². The highest BCUT2D eigenvalue weighted by Gasteiger charge is 2.21. The van der Waals surface area contributed by atoms with Crippen LogP contribution >= 0.6 is 0 Å².